The van der Waals surface area contributed by atoms with Crippen LogP contribution in [0.25, 0.3) is 22.2 Å². The van der Waals surface area contributed by atoms with Crippen LogP contribution in [-0.2, 0) is 16.1 Å². The highest BCUT2D eigenvalue weighted by Gasteiger charge is 2.24. The molecule has 2 saturated heterocycles. The van der Waals surface area contributed by atoms with Gasteiger partial charge < -0.3 is 24.4 Å². The number of anilines is 1. The quantitative estimate of drug-likeness (QED) is 0.381. The van der Waals surface area contributed by atoms with E-state index in [0.29, 0.717) is 78.9 Å². The number of nitrogens with zero attached hydrogens (tertiary/aromatic N) is 5. The Morgan fingerprint density at radius 2 is 1.71 bits per heavy atom. The first kappa shape index (κ1) is 30.3. The van der Waals surface area contributed by atoms with E-state index in [1.54, 1.807) is 29.8 Å². The molecule has 2 aromatic heterocycles. The monoisotopic (exact) mass is 618 g/mol. The molecule has 1 N–H and O–H groups in total. The standard InChI is InChI=1S/C29H36Cl2N6O5/c1-18(38)36-11-9-35(10-12-36)7-4-8-37-27-19(17-32-29(34-27)33-20-5-13-42-14-6-20)15-21(28(37)39)24-25(30)22(40-2)16-23(41-3)26(24)31/h15-17,20H,4-14H2,1-3H3,(H,32,33,34). The molecular weight excluding hydrogens is 583 g/mol. The number of methoxy groups -OCH3 is 2. The van der Waals surface area contributed by atoms with Crippen molar-refractivity contribution < 1.29 is 19.0 Å². The summed E-state index contributed by atoms with van der Waals surface area (Å²) in [5.74, 6) is 1.25. The number of nitrogens with one attached hydrogen (secondary N) is 1. The van der Waals surface area contributed by atoms with Crippen LogP contribution in [0.3, 0.4) is 0 Å². The van der Waals surface area contributed by atoms with Gasteiger partial charge in [-0.25, -0.2) is 4.98 Å². The van der Waals surface area contributed by atoms with E-state index in [1.807, 2.05) is 4.90 Å². The number of benzene rings is 1. The minimum atomic E-state index is -0.279. The van der Waals surface area contributed by atoms with E-state index in [2.05, 4.69) is 15.2 Å². The number of ether oxygens (including phenoxy) is 3. The molecule has 2 fully saturated rings. The van der Waals surface area contributed by atoms with E-state index in [4.69, 9.17) is 42.4 Å². The van der Waals surface area contributed by atoms with E-state index < -0.39 is 0 Å². The number of carbonyl (C=O) groups excluding carboxylic acids is 1. The Balaban J connectivity index is 1.52. The number of halogens is 2. The fourth-order valence-electron chi connectivity index (χ4n) is 5.50. The number of aryl methyl sites for hydroxylation is 1. The van der Waals surface area contributed by atoms with Gasteiger partial charge in [-0.3, -0.25) is 19.1 Å². The fraction of sp³-hybridized carbons (Fsp3) is 0.517. The molecule has 5 rings (SSSR count). The van der Waals surface area contributed by atoms with Crippen molar-refractivity contribution in [3.63, 3.8) is 0 Å². The number of fused-ring (bicyclic) bond motifs is 1. The predicted molar refractivity (Wildman–Crippen MR) is 163 cm³/mol. The summed E-state index contributed by atoms with van der Waals surface area (Å²) in [6, 6.07) is 3.52. The molecular formula is C29H36Cl2N6O5. The van der Waals surface area contributed by atoms with Crippen LogP contribution in [0.5, 0.6) is 11.5 Å². The number of hydrogen-bond acceptors (Lipinski definition) is 9. The zero-order valence-corrected chi connectivity index (χ0v) is 25.6. The van der Waals surface area contributed by atoms with Gasteiger partial charge in [0.1, 0.15) is 17.1 Å². The topological polar surface area (TPSA) is 111 Å². The number of amides is 1. The van der Waals surface area contributed by atoms with Gasteiger partial charge in [0.25, 0.3) is 5.56 Å². The minimum Gasteiger partial charge on any atom is -0.495 e. The maximum absolute atomic E-state index is 14.2. The molecule has 11 nitrogen and oxygen atoms in total. The van der Waals surface area contributed by atoms with Crippen molar-refractivity contribution in [1.82, 2.24) is 24.3 Å². The van der Waals surface area contributed by atoms with E-state index in [1.165, 1.54) is 14.2 Å². The first-order valence-corrected chi connectivity index (χ1v) is 14.9. The van der Waals surface area contributed by atoms with E-state index >= 15 is 0 Å². The van der Waals surface area contributed by atoms with Gasteiger partial charge in [0.2, 0.25) is 11.9 Å². The van der Waals surface area contributed by atoms with Gasteiger partial charge >= 0.3 is 0 Å². The summed E-state index contributed by atoms with van der Waals surface area (Å²) in [7, 11) is 2.99. The molecule has 2 aliphatic heterocycles. The zero-order valence-electron chi connectivity index (χ0n) is 24.1. The van der Waals surface area contributed by atoms with Crippen molar-refractivity contribution in [2.75, 3.05) is 65.5 Å². The molecule has 0 atom stereocenters. The Morgan fingerprint density at radius 3 is 2.33 bits per heavy atom. The van der Waals surface area contributed by atoms with Crippen LogP contribution in [0.4, 0.5) is 5.95 Å². The average molecular weight is 620 g/mol. The number of hydrogen-bond donors (Lipinski definition) is 1. The van der Waals surface area contributed by atoms with Crippen molar-refractivity contribution in [2.24, 2.45) is 0 Å². The molecule has 1 aromatic carbocycles. The maximum Gasteiger partial charge on any atom is 0.260 e. The summed E-state index contributed by atoms with van der Waals surface area (Å²) in [5, 5.41) is 4.51. The number of aromatic nitrogens is 3. The van der Waals surface area contributed by atoms with Crippen molar-refractivity contribution in [3.8, 4) is 22.6 Å². The zero-order chi connectivity index (χ0) is 29.8. The second-order valence-electron chi connectivity index (χ2n) is 10.5. The smallest absolute Gasteiger partial charge is 0.260 e. The normalized spacial score (nSPS) is 16.5. The molecule has 1 amide bonds. The van der Waals surface area contributed by atoms with Gasteiger partial charge in [0, 0.05) is 82.1 Å². The van der Waals surface area contributed by atoms with Crippen molar-refractivity contribution in [2.45, 2.75) is 38.8 Å². The van der Waals surface area contributed by atoms with Gasteiger partial charge in [0.15, 0.2) is 0 Å². The summed E-state index contributed by atoms with van der Waals surface area (Å²) in [6.07, 6.45) is 4.13. The summed E-state index contributed by atoms with van der Waals surface area (Å²) in [5.41, 5.74) is 0.883. The Bertz CT molecular complexity index is 1470. The highest BCUT2D eigenvalue weighted by molar-refractivity contribution is 6.41. The molecule has 0 bridgehead atoms. The summed E-state index contributed by atoms with van der Waals surface area (Å²) < 4.78 is 18.1. The summed E-state index contributed by atoms with van der Waals surface area (Å²) in [4.78, 5) is 39.4. The lowest BCUT2D eigenvalue weighted by Crippen LogP contribution is -2.48. The molecule has 42 heavy (non-hydrogen) atoms. The molecule has 13 heteroatoms. The number of pyridine rings is 1. The first-order chi connectivity index (χ1) is 20.3. The third-order valence-corrected chi connectivity index (χ3v) is 8.65. The molecule has 0 unspecified atom stereocenters. The van der Waals surface area contributed by atoms with Crippen LogP contribution in [0.1, 0.15) is 26.2 Å². The molecule has 0 aliphatic carbocycles. The Labute approximate surface area is 254 Å². The van der Waals surface area contributed by atoms with Crippen molar-refractivity contribution in [3.05, 3.63) is 38.7 Å². The van der Waals surface area contributed by atoms with Crippen LogP contribution >= 0.6 is 23.2 Å². The predicted octanol–water partition coefficient (Wildman–Crippen LogP) is 3.93. The molecule has 226 valence electrons. The van der Waals surface area contributed by atoms with Gasteiger partial charge in [-0.05, 0) is 31.9 Å². The highest BCUT2D eigenvalue weighted by atomic mass is 35.5. The third-order valence-electron chi connectivity index (χ3n) is 7.90. The molecule has 0 saturated carbocycles. The first-order valence-electron chi connectivity index (χ1n) is 14.1. The summed E-state index contributed by atoms with van der Waals surface area (Å²) in [6.45, 7) is 7.17. The molecule has 4 heterocycles. The molecule has 0 spiro atoms. The molecule has 2 aliphatic rings. The lowest BCUT2D eigenvalue weighted by Gasteiger charge is -2.34. The average Bonchev–Trinajstić information content (AvgIpc) is 3.00. The lowest BCUT2D eigenvalue weighted by atomic mass is 10.0. The maximum atomic E-state index is 14.2. The summed E-state index contributed by atoms with van der Waals surface area (Å²) >= 11 is 13.5. The lowest BCUT2D eigenvalue weighted by molar-refractivity contribution is -0.130. The highest BCUT2D eigenvalue weighted by Crippen LogP contribution is 2.45. The van der Waals surface area contributed by atoms with Gasteiger partial charge in [-0.15, -0.1) is 0 Å². The number of piperazine rings is 1. The minimum absolute atomic E-state index is 0.0980. The molecule has 3 aromatic rings. The van der Waals surface area contributed by atoms with E-state index in [0.717, 1.165) is 32.5 Å². The molecule has 0 radical (unpaired) electrons. The van der Waals surface area contributed by atoms with Crippen LogP contribution in [0.2, 0.25) is 10.0 Å². The Hall–Kier alpha value is -3.12. The number of rotatable bonds is 9. The Morgan fingerprint density at radius 1 is 1.05 bits per heavy atom. The Kier molecular flexibility index (Phi) is 9.72. The van der Waals surface area contributed by atoms with E-state index in [9.17, 15) is 9.59 Å². The van der Waals surface area contributed by atoms with Crippen LogP contribution < -0.4 is 20.3 Å². The SMILES string of the molecule is COc1cc(OC)c(Cl)c(-c2cc3cnc(NC4CCOCC4)nc3n(CCCN3CCN(C(C)=O)CC3)c2=O)c1Cl. The van der Waals surface area contributed by atoms with E-state index in [-0.39, 0.29) is 27.6 Å². The van der Waals surface area contributed by atoms with Crippen molar-refractivity contribution >= 4 is 46.1 Å². The fourth-order valence-corrected chi connectivity index (χ4v) is 6.20. The number of carbonyl (C=O) groups is 1. The van der Waals surface area contributed by atoms with Crippen LogP contribution in [0.15, 0.2) is 23.1 Å². The van der Waals surface area contributed by atoms with Crippen LogP contribution in [-0.4, -0.2) is 96.4 Å². The van der Waals surface area contributed by atoms with Gasteiger partial charge in [0.05, 0.1) is 29.8 Å². The van der Waals surface area contributed by atoms with Gasteiger partial charge in [-0.1, -0.05) is 23.2 Å². The van der Waals surface area contributed by atoms with Crippen molar-refractivity contribution in [1.29, 1.82) is 0 Å². The third kappa shape index (κ3) is 6.44. The second-order valence-corrected chi connectivity index (χ2v) is 11.3. The largest absolute Gasteiger partial charge is 0.495 e. The van der Waals surface area contributed by atoms with Crippen LogP contribution in [0, 0.1) is 0 Å². The van der Waals surface area contributed by atoms with Gasteiger partial charge in [-0.2, -0.15) is 4.98 Å². The second kappa shape index (κ2) is 13.5.